The Balaban J connectivity index is 1.94. The van der Waals surface area contributed by atoms with E-state index in [-0.39, 0.29) is 5.54 Å². The zero-order valence-electron chi connectivity index (χ0n) is 7.23. The van der Waals surface area contributed by atoms with Gasteiger partial charge in [0, 0.05) is 25.7 Å². The van der Waals surface area contributed by atoms with Crippen LogP contribution in [0.1, 0.15) is 19.3 Å². The first-order chi connectivity index (χ1) is 5.27. The molecule has 1 saturated carbocycles. The highest BCUT2D eigenvalue weighted by Gasteiger charge is 2.31. The molecule has 0 unspecified atom stereocenters. The molecule has 0 aromatic carbocycles. The monoisotopic (exact) mass is 158 g/mol. The van der Waals surface area contributed by atoms with Crippen molar-refractivity contribution in [2.75, 3.05) is 26.8 Å². The minimum atomic E-state index is 0.105. The molecule has 0 spiro atoms. The molecule has 66 valence electrons. The highest BCUT2D eigenvalue weighted by Crippen LogP contribution is 2.27. The van der Waals surface area contributed by atoms with Gasteiger partial charge in [-0.1, -0.05) is 0 Å². The van der Waals surface area contributed by atoms with E-state index in [0.717, 1.165) is 19.7 Å². The molecule has 0 aromatic heterocycles. The average Bonchev–Trinajstić information content (AvgIpc) is 1.95. The highest BCUT2D eigenvalue weighted by atomic mass is 16.5. The standard InChI is InChI=1S/C8H18N2O/c1-11-6-5-10-7-8(9)3-2-4-8/h10H,2-7,9H2,1H3. The molecule has 1 aliphatic rings. The van der Waals surface area contributed by atoms with Crippen LogP contribution in [-0.4, -0.2) is 32.3 Å². The molecule has 0 aliphatic heterocycles. The second-order valence-corrected chi connectivity index (χ2v) is 3.39. The normalized spacial score (nSPS) is 21.3. The molecule has 3 N–H and O–H groups in total. The van der Waals surface area contributed by atoms with Crippen LogP contribution in [0.25, 0.3) is 0 Å². The van der Waals surface area contributed by atoms with Gasteiger partial charge in [0.2, 0.25) is 0 Å². The topological polar surface area (TPSA) is 47.3 Å². The molecule has 0 aromatic rings. The summed E-state index contributed by atoms with van der Waals surface area (Å²) >= 11 is 0. The number of rotatable bonds is 5. The molecule has 0 amide bonds. The number of hydrogen-bond donors (Lipinski definition) is 2. The van der Waals surface area contributed by atoms with Crippen LogP contribution in [0.5, 0.6) is 0 Å². The van der Waals surface area contributed by atoms with Crippen LogP contribution in [0, 0.1) is 0 Å². The van der Waals surface area contributed by atoms with E-state index in [0.29, 0.717) is 0 Å². The van der Waals surface area contributed by atoms with Gasteiger partial charge in [0.15, 0.2) is 0 Å². The Labute approximate surface area is 68.3 Å². The quantitative estimate of drug-likeness (QED) is 0.558. The Morgan fingerprint density at radius 3 is 2.73 bits per heavy atom. The van der Waals surface area contributed by atoms with E-state index in [1.54, 1.807) is 7.11 Å². The van der Waals surface area contributed by atoms with Gasteiger partial charge < -0.3 is 15.8 Å². The first-order valence-corrected chi connectivity index (χ1v) is 4.25. The van der Waals surface area contributed by atoms with E-state index < -0.39 is 0 Å². The van der Waals surface area contributed by atoms with Gasteiger partial charge in [0.25, 0.3) is 0 Å². The molecule has 1 aliphatic carbocycles. The lowest BCUT2D eigenvalue weighted by molar-refractivity contribution is 0.186. The van der Waals surface area contributed by atoms with Crippen molar-refractivity contribution in [2.24, 2.45) is 5.73 Å². The summed E-state index contributed by atoms with van der Waals surface area (Å²) in [6, 6.07) is 0. The van der Waals surface area contributed by atoms with Crippen LogP contribution in [-0.2, 0) is 4.74 Å². The maximum Gasteiger partial charge on any atom is 0.0587 e. The molecule has 0 radical (unpaired) electrons. The second kappa shape index (κ2) is 4.04. The number of nitrogens with two attached hydrogens (primary N) is 1. The van der Waals surface area contributed by atoms with Crippen molar-refractivity contribution in [2.45, 2.75) is 24.8 Å². The lowest BCUT2D eigenvalue weighted by atomic mass is 9.78. The second-order valence-electron chi connectivity index (χ2n) is 3.39. The third-order valence-electron chi connectivity index (χ3n) is 2.31. The molecule has 11 heavy (non-hydrogen) atoms. The fraction of sp³-hybridized carbons (Fsp3) is 1.00. The average molecular weight is 158 g/mol. The zero-order chi connectivity index (χ0) is 8.16. The molecule has 0 atom stereocenters. The van der Waals surface area contributed by atoms with Crippen molar-refractivity contribution in [3.05, 3.63) is 0 Å². The molecule has 0 heterocycles. The van der Waals surface area contributed by atoms with Gasteiger partial charge in [-0.3, -0.25) is 0 Å². The Morgan fingerprint density at radius 2 is 2.27 bits per heavy atom. The molecule has 0 saturated heterocycles. The van der Waals surface area contributed by atoms with Crippen LogP contribution in [0.4, 0.5) is 0 Å². The van der Waals surface area contributed by atoms with Crippen molar-refractivity contribution in [1.82, 2.24) is 5.32 Å². The van der Waals surface area contributed by atoms with Crippen molar-refractivity contribution in [3.63, 3.8) is 0 Å². The lowest BCUT2D eigenvalue weighted by Crippen LogP contribution is -2.54. The van der Waals surface area contributed by atoms with Gasteiger partial charge in [-0.25, -0.2) is 0 Å². The van der Waals surface area contributed by atoms with Crippen molar-refractivity contribution in [3.8, 4) is 0 Å². The number of hydrogen-bond acceptors (Lipinski definition) is 3. The van der Waals surface area contributed by atoms with Crippen molar-refractivity contribution < 1.29 is 4.74 Å². The fourth-order valence-corrected chi connectivity index (χ4v) is 1.32. The van der Waals surface area contributed by atoms with E-state index >= 15 is 0 Å². The number of nitrogens with one attached hydrogen (secondary N) is 1. The summed E-state index contributed by atoms with van der Waals surface area (Å²) in [6.45, 7) is 2.63. The van der Waals surface area contributed by atoms with Gasteiger partial charge in [0.05, 0.1) is 6.61 Å². The summed E-state index contributed by atoms with van der Waals surface area (Å²) in [6.07, 6.45) is 3.64. The summed E-state index contributed by atoms with van der Waals surface area (Å²) < 4.78 is 4.90. The molecule has 3 heteroatoms. The van der Waals surface area contributed by atoms with Crippen LogP contribution in [0.2, 0.25) is 0 Å². The minimum absolute atomic E-state index is 0.105. The Bertz CT molecular complexity index is 113. The Kier molecular flexibility index (Phi) is 3.30. The summed E-state index contributed by atoms with van der Waals surface area (Å²) in [7, 11) is 1.71. The van der Waals surface area contributed by atoms with Crippen LogP contribution >= 0.6 is 0 Å². The Morgan fingerprint density at radius 1 is 1.55 bits per heavy atom. The predicted molar refractivity (Wildman–Crippen MR) is 45.5 cm³/mol. The van der Waals surface area contributed by atoms with Crippen molar-refractivity contribution >= 4 is 0 Å². The fourth-order valence-electron chi connectivity index (χ4n) is 1.32. The van der Waals surface area contributed by atoms with E-state index in [1.807, 2.05) is 0 Å². The van der Waals surface area contributed by atoms with Crippen molar-refractivity contribution in [1.29, 1.82) is 0 Å². The SMILES string of the molecule is COCCNCC1(N)CCC1. The molecule has 1 fully saturated rings. The van der Waals surface area contributed by atoms with Gasteiger partial charge in [-0.05, 0) is 19.3 Å². The van der Waals surface area contributed by atoms with E-state index in [4.69, 9.17) is 10.5 Å². The Hall–Kier alpha value is -0.120. The summed E-state index contributed by atoms with van der Waals surface area (Å²) in [4.78, 5) is 0. The number of ether oxygens (including phenoxy) is 1. The van der Waals surface area contributed by atoms with E-state index in [2.05, 4.69) is 5.32 Å². The summed E-state index contributed by atoms with van der Waals surface area (Å²) in [5, 5.41) is 3.28. The number of methoxy groups -OCH3 is 1. The van der Waals surface area contributed by atoms with E-state index in [1.165, 1.54) is 19.3 Å². The minimum Gasteiger partial charge on any atom is -0.383 e. The molecular weight excluding hydrogens is 140 g/mol. The first-order valence-electron chi connectivity index (χ1n) is 4.25. The first kappa shape index (κ1) is 8.97. The summed E-state index contributed by atoms with van der Waals surface area (Å²) in [5.74, 6) is 0. The molecule has 0 bridgehead atoms. The van der Waals surface area contributed by atoms with Crippen LogP contribution in [0.3, 0.4) is 0 Å². The third-order valence-corrected chi connectivity index (χ3v) is 2.31. The summed E-state index contributed by atoms with van der Waals surface area (Å²) in [5.41, 5.74) is 6.09. The van der Waals surface area contributed by atoms with Gasteiger partial charge in [0.1, 0.15) is 0 Å². The molecule has 3 nitrogen and oxygen atoms in total. The van der Waals surface area contributed by atoms with E-state index in [9.17, 15) is 0 Å². The van der Waals surface area contributed by atoms with Gasteiger partial charge in [-0.2, -0.15) is 0 Å². The van der Waals surface area contributed by atoms with Gasteiger partial charge >= 0.3 is 0 Å². The van der Waals surface area contributed by atoms with Gasteiger partial charge in [-0.15, -0.1) is 0 Å². The third kappa shape index (κ3) is 2.77. The van der Waals surface area contributed by atoms with Crippen LogP contribution in [0.15, 0.2) is 0 Å². The smallest absolute Gasteiger partial charge is 0.0587 e. The maximum absolute atomic E-state index is 5.98. The maximum atomic E-state index is 5.98. The molecular formula is C8H18N2O. The largest absolute Gasteiger partial charge is 0.383 e. The lowest BCUT2D eigenvalue weighted by Gasteiger charge is -2.38. The highest BCUT2D eigenvalue weighted by molar-refractivity contribution is 4.94. The predicted octanol–water partition coefficient (Wildman–Crippen LogP) is 0.104. The van der Waals surface area contributed by atoms with Crippen LogP contribution < -0.4 is 11.1 Å². The molecule has 1 rings (SSSR count). The zero-order valence-corrected chi connectivity index (χ0v) is 7.23.